The zero-order valence-corrected chi connectivity index (χ0v) is 17.2. The lowest BCUT2D eigenvalue weighted by atomic mass is 10.1. The smallest absolute Gasteiger partial charge is 0.277 e. The molecule has 1 fully saturated rings. The Morgan fingerprint density at radius 3 is 2.39 bits per heavy atom. The zero-order valence-electron chi connectivity index (χ0n) is 16.4. The Hall–Kier alpha value is -2.86. The zero-order chi connectivity index (χ0) is 20.3. The summed E-state index contributed by atoms with van der Waals surface area (Å²) in [7, 11) is 1.78. The maximum atomic E-state index is 13.0. The van der Waals surface area contributed by atoms with E-state index in [2.05, 4.69) is 18.7 Å². The predicted octanol–water partition coefficient (Wildman–Crippen LogP) is 3.84. The fourth-order valence-corrected chi connectivity index (χ4v) is 3.55. The first-order chi connectivity index (χ1) is 13.5. The molecule has 1 amide bonds. The summed E-state index contributed by atoms with van der Waals surface area (Å²) < 4.78 is 0. The summed E-state index contributed by atoms with van der Waals surface area (Å²) in [4.78, 5) is 18.4. The highest BCUT2D eigenvalue weighted by atomic mass is 32.1. The normalized spacial score (nSPS) is 15.6. The van der Waals surface area contributed by atoms with E-state index in [4.69, 9.17) is 12.2 Å². The van der Waals surface area contributed by atoms with Crippen LogP contribution in [0.5, 0.6) is 5.75 Å². The second kappa shape index (κ2) is 8.44. The molecule has 5 nitrogen and oxygen atoms in total. The van der Waals surface area contributed by atoms with Crippen molar-refractivity contribution < 1.29 is 9.90 Å². The number of carbonyl (C=O) groups is 1. The second-order valence-electron chi connectivity index (χ2n) is 6.66. The van der Waals surface area contributed by atoms with Crippen LogP contribution in [-0.4, -0.2) is 46.1 Å². The van der Waals surface area contributed by atoms with Gasteiger partial charge in [-0.25, -0.2) is 0 Å². The number of likely N-dealkylation sites (N-methyl/N-ethyl adjacent to an activating group) is 1. The van der Waals surface area contributed by atoms with Crippen molar-refractivity contribution in [2.45, 2.75) is 20.4 Å². The topological polar surface area (TPSA) is 47.0 Å². The van der Waals surface area contributed by atoms with Gasteiger partial charge in [0.15, 0.2) is 5.11 Å². The van der Waals surface area contributed by atoms with Crippen LogP contribution in [0.1, 0.15) is 25.0 Å². The van der Waals surface area contributed by atoms with Crippen LogP contribution in [0.2, 0.25) is 0 Å². The van der Waals surface area contributed by atoms with Gasteiger partial charge in [-0.05, 0) is 49.8 Å². The molecule has 0 aromatic heterocycles. The minimum absolute atomic E-state index is 0.144. The van der Waals surface area contributed by atoms with Gasteiger partial charge in [0.25, 0.3) is 5.91 Å². The van der Waals surface area contributed by atoms with Crippen LogP contribution >= 0.6 is 12.2 Å². The Labute approximate surface area is 171 Å². The maximum Gasteiger partial charge on any atom is 0.277 e. The number of nitrogens with zero attached hydrogens (tertiary/aromatic N) is 3. The van der Waals surface area contributed by atoms with Crippen LogP contribution in [0.15, 0.2) is 54.2 Å². The largest absolute Gasteiger partial charge is 0.507 e. The van der Waals surface area contributed by atoms with E-state index in [0.29, 0.717) is 22.9 Å². The summed E-state index contributed by atoms with van der Waals surface area (Å²) >= 11 is 5.47. The third-order valence-electron chi connectivity index (χ3n) is 4.96. The first-order valence-electron chi connectivity index (χ1n) is 9.39. The molecule has 0 aliphatic carbocycles. The van der Waals surface area contributed by atoms with Gasteiger partial charge in [-0.3, -0.25) is 9.69 Å². The fraction of sp³-hybridized carbons (Fsp3) is 0.273. The standard InChI is InChI=1S/C22H25N3O2S/c1-4-24(5-2)18-12-11-17(20(26)14-18)13-19-21(27)25(22(28)23(19)3)15-16-9-7-6-8-10-16/h6-14,26H,4-5,15H2,1-3H3. The number of aromatic hydroxyl groups is 1. The van der Waals surface area contributed by atoms with Crippen molar-refractivity contribution in [3.63, 3.8) is 0 Å². The van der Waals surface area contributed by atoms with E-state index in [0.717, 1.165) is 24.3 Å². The Balaban J connectivity index is 1.87. The highest BCUT2D eigenvalue weighted by Gasteiger charge is 2.35. The molecule has 1 aliphatic rings. The lowest BCUT2D eigenvalue weighted by Gasteiger charge is -2.21. The summed E-state index contributed by atoms with van der Waals surface area (Å²) in [5.41, 5.74) is 3.01. The molecule has 1 aliphatic heterocycles. The minimum atomic E-state index is -0.163. The Morgan fingerprint density at radius 2 is 1.79 bits per heavy atom. The molecule has 2 aromatic rings. The summed E-state index contributed by atoms with van der Waals surface area (Å²) in [5.74, 6) is -0.0194. The number of hydrogen-bond donors (Lipinski definition) is 1. The SMILES string of the molecule is CCN(CC)c1ccc(C=C2C(=O)N(Cc3ccccc3)C(=S)N2C)c(O)c1. The maximum absolute atomic E-state index is 13.0. The summed E-state index contributed by atoms with van der Waals surface area (Å²) in [6.07, 6.45) is 1.70. The van der Waals surface area contributed by atoms with Crippen molar-refractivity contribution >= 4 is 35.0 Å². The first-order valence-corrected chi connectivity index (χ1v) is 9.80. The molecule has 28 heavy (non-hydrogen) atoms. The Kier molecular flexibility index (Phi) is 5.99. The number of benzene rings is 2. The molecule has 0 unspecified atom stereocenters. The predicted molar refractivity (Wildman–Crippen MR) is 117 cm³/mol. The number of phenols is 1. The van der Waals surface area contributed by atoms with Gasteiger partial charge in [0, 0.05) is 37.5 Å². The van der Waals surface area contributed by atoms with Crippen LogP contribution in [0, 0.1) is 0 Å². The van der Waals surface area contributed by atoms with Crippen LogP contribution in [0.4, 0.5) is 5.69 Å². The molecule has 0 bridgehead atoms. The van der Waals surface area contributed by atoms with Gasteiger partial charge in [0.2, 0.25) is 0 Å². The third-order valence-corrected chi connectivity index (χ3v) is 5.46. The monoisotopic (exact) mass is 395 g/mol. The van der Waals surface area contributed by atoms with Crippen molar-refractivity contribution in [2.75, 3.05) is 25.0 Å². The number of carbonyl (C=O) groups excluding carboxylic acids is 1. The highest BCUT2D eigenvalue weighted by Crippen LogP contribution is 2.30. The molecular weight excluding hydrogens is 370 g/mol. The summed E-state index contributed by atoms with van der Waals surface area (Å²) in [6, 6.07) is 15.3. The fourth-order valence-electron chi connectivity index (χ4n) is 3.30. The van der Waals surface area contributed by atoms with Gasteiger partial charge >= 0.3 is 0 Å². The molecule has 146 valence electrons. The van der Waals surface area contributed by atoms with E-state index in [1.165, 1.54) is 0 Å². The molecule has 0 atom stereocenters. The molecule has 1 saturated heterocycles. The molecule has 6 heteroatoms. The van der Waals surface area contributed by atoms with E-state index in [1.807, 2.05) is 42.5 Å². The molecule has 1 N–H and O–H groups in total. The van der Waals surface area contributed by atoms with E-state index in [1.54, 1.807) is 29.0 Å². The van der Waals surface area contributed by atoms with Crippen LogP contribution in [-0.2, 0) is 11.3 Å². The highest BCUT2D eigenvalue weighted by molar-refractivity contribution is 7.80. The van der Waals surface area contributed by atoms with E-state index in [9.17, 15) is 9.90 Å². The van der Waals surface area contributed by atoms with Crippen molar-refractivity contribution in [3.05, 3.63) is 65.4 Å². The summed E-state index contributed by atoms with van der Waals surface area (Å²) in [6.45, 7) is 6.30. The first kappa shape index (κ1) is 19.9. The molecule has 3 rings (SSSR count). The van der Waals surface area contributed by atoms with Gasteiger partial charge in [0.1, 0.15) is 11.4 Å². The van der Waals surface area contributed by atoms with Crippen LogP contribution in [0.3, 0.4) is 0 Å². The molecule has 0 radical (unpaired) electrons. The Morgan fingerprint density at radius 1 is 1.11 bits per heavy atom. The van der Waals surface area contributed by atoms with Gasteiger partial charge in [-0.1, -0.05) is 30.3 Å². The average Bonchev–Trinajstić information content (AvgIpc) is 2.89. The van der Waals surface area contributed by atoms with Crippen LogP contribution in [0.25, 0.3) is 6.08 Å². The lowest BCUT2D eigenvalue weighted by molar-refractivity contribution is -0.122. The van der Waals surface area contributed by atoms with E-state index >= 15 is 0 Å². The van der Waals surface area contributed by atoms with Crippen LogP contribution < -0.4 is 4.90 Å². The molecule has 1 heterocycles. The number of thiocarbonyl (C=S) groups is 1. The summed E-state index contributed by atoms with van der Waals surface area (Å²) in [5, 5.41) is 10.9. The van der Waals surface area contributed by atoms with Gasteiger partial charge in [-0.2, -0.15) is 0 Å². The second-order valence-corrected chi connectivity index (χ2v) is 7.03. The van der Waals surface area contributed by atoms with E-state index < -0.39 is 0 Å². The number of amides is 1. The lowest BCUT2D eigenvalue weighted by Crippen LogP contribution is -2.30. The molecule has 0 saturated carbocycles. The average molecular weight is 396 g/mol. The number of hydrogen-bond acceptors (Lipinski definition) is 4. The Bertz CT molecular complexity index is 907. The van der Waals surface area contributed by atoms with Gasteiger partial charge < -0.3 is 14.9 Å². The van der Waals surface area contributed by atoms with Crippen molar-refractivity contribution in [2.24, 2.45) is 0 Å². The minimum Gasteiger partial charge on any atom is -0.507 e. The molecule has 2 aromatic carbocycles. The number of anilines is 1. The van der Waals surface area contributed by atoms with Crippen molar-refractivity contribution in [1.29, 1.82) is 0 Å². The molecular formula is C22H25N3O2S. The number of rotatable bonds is 6. The van der Waals surface area contributed by atoms with E-state index in [-0.39, 0.29) is 11.7 Å². The quantitative estimate of drug-likeness (QED) is 0.595. The van der Waals surface area contributed by atoms with Gasteiger partial charge in [0.05, 0.1) is 6.54 Å². The molecule has 0 spiro atoms. The third kappa shape index (κ3) is 3.87. The number of phenolic OH excluding ortho intramolecular Hbond substituents is 1. The van der Waals surface area contributed by atoms with Crippen molar-refractivity contribution in [3.8, 4) is 5.75 Å². The van der Waals surface area contributed by atoms with Gasteiger partial charge in [-0.15, -0.1) is 0 Å². The van der Waals surface area contributed by atoms with Crippen molar-refractivity contribution in [1.82, 2.24) is 9.80 Å².